The molecule has 1 aliphatic heterocycles. The Hall–Kier alpha value is -2.20. The smallest absolute Gasteiger partial charge is 0.204 e. The molecular formula is C11H9N3O. The molecule has 0 amide bonds. The average Bonchev–Trinajstić information content (AvgIpc) is 2.27. The highest BCUT2D eigenvalue weighted by atomic mass is 16.5. The minimum atomic E-state index is -0.508. The van der Waals surface area contributed by atoms with Gasteiger partial charge in [-0.05, 0) is 19.1 Å². The van der Waals surface area contributed by atoms with Crippen molar-refractivity contribution in [2.75, 3.05) is 5.32 Å². The van der Waals surface area contributed by atoms with E-state index in [0.29, 0.717) is 11.3 Å². The Labute approximate surface area is 87.7 Å². The molecule has 2 atom stereocenters. The van der Waals surface area contributed by atoms with Gasteiger partial charge in [0.05, 0.1) is 23.4 Å². The van der Waals surface area contributed by atoms with Gasteiger partial charge in [0.2, 0.25) is 6.10 Å². The molecule has 0 saturated carbocycles. The molecule has 0 saturated heterocycles. The van der Waals surface area contributed by atoms with E-state index in [1.807, 2.05) is 13.0 Å². The number of fused-ring (bicyclic) bond motifs is 1. The fraction of sp³-hybridized carbons (Fsp3) is 0.273. The van der Waals surface area contributed by atoms with E-state index >= 15 is 0 Å². The fourth-order valence-electron chi connectivity index (χ4n) is 1.51. The molecule has 0 fully saturated rings. The normalized spacial score (nSPS) is 22.6. The highest BCUT2D eigenvalue weighted by Crippen LogP contribution is 2.31. The maximum atomic E-state index is 8.83. The third-order valence-corrected chi connectivity index (χ3v) is 2.33. The van der Waals surface area contributed by atoms with Gasteiger partial charge >= 0.3 is 0 Å². The van der Waals surface area contributed by atoms with Crippen molar-refractivity contribution in [3.05, 3.63) is 23.8 Å². The van der Waals surface area contributed by atoms with Gasteiger partial charge in [-0.15, -0.1) is 0 Å². The molecular weight excluding hydrogens is 190 g/mol. The summed E-state index contributed by atoms with van der Waals surface area (Å²) in [6.07, 6.45) is -0.508. The molecule has 4 heteroatoms. The number of ether oxygens (including phenoxy) is 1. The molecule has 1 heterocycles. The lowest BCUT2D eigenvalue weighted by Crippen LogP contribution is -2.38. The standard InChI is InChI=1S/C11H9N3O/c1-7-11(6-13)15-10-4-8(5-12)2-3-9(10)14-7/h2-4,7,11,14H,1H3. The first-order valence-corrected chi connectivity index (χ1v) is 4.61. The summed E-state index contributed by atoms with van der Waals surface area (Å²) >= 11 is 0. The van der Waals surface area contributed by atoms with E-state index in [0.717, 1.165) is 5.69 Å². The lowest BCUT2D eigenvalue weighted by atomic mass is 10.1. The third-order valence-electron chi connectivity index (χ3n) is 2.33. The Kier molecular flexibility index (Phi) is 2.19. The molecule has 1 aliphatic rings. The van der Waals surface area contributed by atoms with E-state index in [4.69, 9.17) is 15.3 Å². The van der Waals surface area contributed by atoms with Crippen LogP contribution in [0.4, 0.5) is 5.69 Å². The van der Waals surface area contributed by atoms with Gasteiger partial charge < -0.3 is 10.1 Å². The summed E-state index contributed by atoms with van der Waals surface area (Å²) in [5, 5.41) is 20.7. The van der Waals surface area contributed by atoms with Crippen molar-refractivity contribution >= 4 is 5.69 Å². The highest BCUT2D eigenvalue weighted by molar-refractivity contribution is 5.61. The van der Waals surface area contributed by atoms with E-state index in [9.17, 15) is 0 Å². The van der Waals surface area contributed by atoms with Crippen molar-refractivity contribution in [1.29, 1.82) is 10.5 Å². The Bertz CT molecular complexity index is 470. The Morgan fingerprint density at radius 3 is 2.87 bits per heavy atom. The topological polar surface area (TPSA) is 68.8 Å². The van der Waals surface area contributed by atoms with Gasteiger partial charge in [0.15, 0.2) is 0 Å². The third kappa shape index (κ3) is 1.58. The first-order chi connectivity index (χ1) is 7.24. The molecule has 0 spiro atoms. The molecule has 0 bridgehead atoms. The van der Waals surface area contributed by atoms with E-state index in [2.05, 4.69) is 11.4 Å². The lowest BCUT2D eigenvalue weighted by Gasteiger charge is -2.28. The quantitative estimate of drug-likeness (QED) is 0.689. The summed E-state index contributed by atoms with van der Waals surface area (Å²) < 4.78 is 5.46. The lowest BCUT2D eigenvalue weighted by molar-refractivity contribution is 0.227. The van der Waals surface area contributed by atoms with Gasteiger partial charge in [-0.1, -0.05) is 0 Å². The summed E-state index contributed by atoms with van der Waals surface area (Å²) in [4.78, 5) is 0. The molecule has 2 unspecified atom stereocenters. The van der Waals surface area contributed by atoms with Crippen molar-refractivity contribution in [1.82, 2.24) is 0 Å². The fourth-order valence-corrected chi connectivity index (χ4v) is 1.51. The molecule has 1 N–H and O–H groups in total. The van der Waals surface area contributed by atoms with Crippen LogP contribution in [0.2, 0.25) is 0 Å². The van der Waals surface area contributed by atoms with Crippen molar-refractivity contribution < 1.29 is 4.74 Å². The molecule has 1 aromatic rings. The minimum Gasteiger partial charge on any atom is -0.471 e. The summed E-state index contributed by atoms with van der Waals surface area (Å²) in [6.45, 7) is 1.88. The van der Waals surface area contributed by atoms with Gasteiger partial charge in [-0.25, -0.2) is 0 Å². The number of nitrogens with zero attached hydrogens (tertiary/aromatic N) is 2. The summed E-state index contributed by atoms with van der Waals surface area (Å²) in [6, 6.07) is 9.19. The van der Waals surface area contributed by atoms with Crippen LogP contribution in [-0.2, 0) is 0 Å². The molecule has 74 valence electrons. The van der Waals surface area contributed by atoms with E-state index in [1.165, 1.54) is 0 Å². The first-order valence-electron chi connectivity index (χ1n) is 4.61. The molecule has 15 heavy (non-hydrogen) atoms. The van der Waals surface area contributed by atoms with E-state index in [-0.39, 0.29) is 6.04 Å². The largest absolute Gasteiger partial charge is 0.471 e. The Morgan fingerprint density at radius 1 is 1.40 bits per heavy atom. The average molecular weight is 199 g/mol. The predicted octanol–water partition coefficient (Wildman–Crippen LogP) is 1.64. The molecule has 0 radical (unpaired) electrons. The van der Waals surface area contributed by atoms with Crippen molar-refractivity contribution in [3.63, 3.8) is 0 Å². The van der Waals surface area contributed by atoms with Crippen LogP contribution in [0.15, 0.2) is 18.2 Å². The number of hydrogen-bond acceptors (Lipinski definition) is 4. The number of nitriles is 2. The highest BCUT2D eigenvalue weighted by Gasteiger charge is 2.25. The maximum Gasteiger partial charge on any atom is 0.204 e. The zero-order valence-corrected chi connectivity index (χ0v) is 8.19. The Morgan fingerprint density at radius 2 is 2.20 bits per heavy atom. The number of nitrogens with one attached hydrogen (secondary N) is 1. The predicted molar refractivity (Wildman–Crippen MR) is 54.3 cm³/mol. The van der Waals surface area contributed by atoms with Gasteiger partial charge in [0.1, 0.15) is 11.8 Å². The van der Waals surface area contributed by atoms with Crippen LogP contribution in [0, 0.1) is 22.7 Å². The zero-order chi connectivity index (χ0) is 10.8. The molecule has 0 aliphatic carbocycles. The van der Waals surface area contributed by atoms with Crippen LogP contribution in [-0.4, -0.2) is 12.1 Å². The number of hydrogen-bond donors (Lipinski definition) is 1. The van der Waals surface area contributed by atoms with Crippen LogP contribution in [0.25, 0.3) is 0 Å². The maximum absolute atomic E-state index is 8.83. The second-order valence-corrected chi connectivity index (χ2v) is 3.42. The second kappa shape index (κ2) is 3.51. The van der Waals surface area contributed by atoms with Gasteiger partial charge in [0.25, 0.3) is 0 Å². The molecule has 2 rings (SSSR count). The van der Waals surface area contributed by atoms with Crippen molar-refractivity contribution in [2.45, 2.75) is 19.1 Å². The molecule has 4 nitrogen and oxygen atoms in total. The minimum absolute atomic E-state index is 0.0459. The summed E-state index contributed by atoms with van der Waals surface area (Å²) in [5.74, 6) is 0.568. The van der Waals surface area contributed by atoms with Gasteiger partial charge in [0, 0.05) is 6.07 Å². The number of rotatable bonds is 0. The summed E-state index contributed by atoms with van der Waals surface area (Å²) in [7, 11) is 0. The van der Waals surface area contributed by atoms with E-state index in [1.54, 1.807) is 18.2 Å². The van der Waals surface area contributed by atoms with Crippen molar-refractivity contribution in [2.24, 2.45) is 0 Å². The second-order valence-electron chi connectivity index (χ2n) is 3.42. The first kappa shape index (κ1) is 9.36. The monoisotopic (exact) mass is 199 g/mol. The number of anilines is 1. The van der Waals surface area contributed by atoms with Gasteiger partial charge in [-0.3, -0.25) is 0 Å². The zero-order valence-electron chi connectivity index (χ0n) is 8.19. The van der Waals surface area contributed by atoms with Crippen LogP contribution in [0.1, 0.15) is 12.5 Å². The Balaban J connectivity index is 2.39. The van der Waals surface area contributed by atoms with Crippen LogP contribution in [0.5, 0.6) is 5.75 Å². The van der Waals surface area contributed by atoms with E-state index < -0.39 is 6.10 Å². The van der Waals surface area contributed by atoms with Crippen LogP contribution >= 0.6 is 0 Å². The number of benzene rings is 1. The SMILES string of the molecule is CC1Nc2ccc(C#N)cc2OC1C#N. The molecule has 1 aromatic carbocycles. The molecule has 0 aromatic heterocycles. The van der Waals surface area contributed by atoms with Crippen molar-refractivity contribution in [3.8, 4) is 17.9 Å². The van der Waals surface area contributed by atoms with Crippen LogP contribution in [0.3, 0.4) is 0 Å². The van der Waals surface area contributed by atoms with Crippen LogP contribution < -0.4 is 10.1 Å². The van der Waals surface area contributed by atoms with Gasteiger partial charge in [-0.2, -0.15) is 10.5 Å². The summed E-state index contributed by atoms with van der Waals surface area (Å²) in [5.41, 5.74) is 1.36.